The van der Waals surface area contributed by atoms with Gasteiger partial charge in [0, 0.05) is 11.9 Å². The molecule has 17 heavy (non-hydrogen) atoms. The summed E-state index contributed by atoms with van der Waals surface area (Å²) in [7, 11) is 0. The van der Waals surface area contributed by atoms with Crippen molar-refractivity contribution in [1.29, 1.82) is 0 Å². The van der Waals surface area contributed by atoms with E-state index in [4.69, 9.17) is 5.84 Å². The number of hydrogen-bond donors (Lipinski definition) is 2. The average Bonchev–Trinajstić information content (AvgIpc) is 2.33. The summed E-state index contributed by atoms with van der Waals surface area (Å²) in [6.07, 6.45) is 1.73. The van der Waals surface area contributed by atoms with E-state index in [0.29, 0.717) is 0 Å². The third-order valence-corrected chi connectivity index (χ3v) is 2.62. The fraction of sp³-hybridized carbons (Fsp3) is 0.154. The van der Waals surface area contributed by atoms with Crippen LogP contribution < -0.4 is 11.3 Å². The molecule has 3 N–H and O–H groups in total. The van der Waals surface area contributed by atoms with Crippen LogP contribution in [0.3, 0.4) is 0 Å². The maximum absolute atomic E-state index is 12.9. The molecule has 3 nitrogen and oxygen atoms in total. The zero-order valence-electron chi connectivity index (χ0n) is 9.52. The maximum atomic E-state index is 12.9. The third-order valence-electron chi connectivity index (χ3n) is 2.62. The van der Waals surface area contributed by atoms with Crippen LogP contribution in [0.15, 0.2) is 42.6 Å². The molecule has 4 heteroatoms. The number of nitrogens with two attached hydrogens (primary N) is 1. The van der Waals surface area contributed by atoms with Crippen LogP contribution in [0.2, 0.25) is 0 Å². The van der Waals surface area contributed by atoms with Gasteiger partial charge >= 0.3 is 0 Å². The molecule has 0 saturated heterocycles. The number of aromatic nitrogens is 1. The highest BCUT2D eigenvalue weighted by atomic mass is 19.1. The first-order chi connectivity index (χ1) is 8.20. The fourth-order valence-corrected chi connectivity index (χ4v) is 1.79. The normalized spacial score (nSPS) is 12.4. The van der Waals surface area contributed by atoms with Gasteiger partial charge in [0.15, 0.2) is 0 Å². The van der Waals surface area contributed by atoms with Gasteiger partial charge in [-0.05, 0) is 42.3 Å². The number of hydrogen-bond acceptors (Lipinski definition) is 3. The lowest BCUT2D eigenvalue weighted by atomic mass is 10.00. The molecule has 0 aliphatic carbocycles. The molecule has 2 rings (SSSR count). The zero-order valence-corrected chi connectivity index (χ0v) is 9.52. The average molecular weight is 231 g/mol. The number of nitrogens with one attached hydrogen (secondary N) is 1. The van der Waals surface area contributed by atoms with Gasteiger partial charge in [0.1, 0.15) is 5.82 Å². The van der Waals surface area contributed by atoms with E-state index >= 15 is 0 Å². The predicted molar refractivity (Wildman–Crippen MR) is 64.5 cm³/mol. The van der Waals surface area contributed by atoms with Gasteiger partial charge in [0.25, 0.3) is 0 Å². The smallest absolute Gasteiger partial charge is 0.123 e. The summed E-state index contributed by atoms with van der Waals surface area (Å²) in [5.41, 5.74) is 5.57. The summed E-state index contributed by atoms with van der Waals surface area (Å²) in [4.78, 5) is 4.14. The number of benzene rings is 1. The highest BCUT2D eigenvalue weighted by molar-refractivity contribution is 5.31. The van der Waals surface area contributed by atoms with Gasteiger partial charge in [-0.1, -0.05) is 12.1 Å². The first-order valence-electron chi connectivity index (χ1n) is 5.35. The summed E-state index contributed by atoms with van der Waals surface area (Å²) < 4.78 is 12.9. The summed E-state index contributed by atoms with van der Waals surface area (Å²) >= 11 is 0. The van der Waals surface area contributed by atoms with Crippen molar-refractivity contribution in [2.45, 2.75) is 13.0 Å². The van der Waals surface area contributed by atoms with Crippen molar-refractivity contribution in [3.05, 3.63) is 65.2 Å². The molecule has 0 fully saturated rings. The van der Waals surface area contributed by atoms with E-state index in [-0.39, 0.29) is 11.9 Å². The van der Waals surface area contributed by atoms with E-state index in [1.54, 1.807) is 18.3 Å². The summed E-state index contributed by atoms with van der Waals surface area (Å²) in [6.45, 7) is 1.92. The van der Waals surface area contributed by atoms with Crippen LogP contribution in [0.4, 0.5) is 4.39 Å². The molecule has 1 aromatic heterocycles. The zero-order chi connectivity index (χ0) is 12.3. The lowest BCUT2D eigenvalue weighted by molar-refractivity contribution is 0.615. The van der Waals surface area contributed by atoms with Crippen molar-refractivity contribution >= 4 is 0 Å². The van der Waals surface area contributed by atoms with Gasteiger partial charge in [-0.25, -0.2) is 9.82 Å². The monoisotopic (exact) mass is 231 g/mol. The van der Waals surface area contributed by atoms with Crippen LogP contribution in [0.5, 0.6) is 0 Å². The molecule has 1 unspecified atom stereocenters. The molecule has 0 aliphatic heterocycles. The molecule has 0 spiro atoms. The first-order valence-corrected chi connectivity index (χ1v) is 5.35. The Kier molecular flexibility index (Phi) is 3.46. The van der Waals surface area contributed by atoms with E-state index in [0.717, 1.165) is 16.8 Å². The second-order valence-corrected chi connectivity index (χ2v) is 3.88. The SMILES string of the molecule is Cc1cc(C(NN)c2ccc(F)cc2)ccn1. The van der Waals surface area contributed by atoms with Crippen LogP contribution >= 0.6 is 0 Å². The quantitative estimate of drug-likeness (QED) is 0.628. The van der Waals surface area contributed by atoms with E-state index in [9.17, 15) is 4.39 Å². The highest BCUT2D eigenvalue weighted by Crippen LogP contribution is 2.21. The van der Waals surface area contributed by atoms with Gasteiger partial charge < -0.3 is 0 Å². The van der Waals surface area contributed by atoms with E-state index < -0.39 is 0 Å². The van der Waals surface area contributed by atoms with Crippen molar-refractivity contribution in [1.82, 2.24) is 10.4 Å². The maximum Gasteiger partial charge on any atom is 0.123 e. The Morgan fingerprint density at radius 2 is 1.88 bits per heavy atom. The van der Waals surface area contributed by atoms with Crippen molar-refractivity contribution in [3.8, 4) is 0 Å². The number of halogens is 1. The second-order valence-electron chi connectivity index (χ2n) is 3.88. The molecular weight excluding hydrogens is 217 g/mol. The van der Waals surface area contributed by atoms with Gasteiger partial charge in [-0.3, -0.25) is 10.8 Å². The topological polar surface area (TPSA) is 50.9 Å². The predicted octanol–water partition coefficient (Wildman–Crippen LogP) is 2.08. The molecule has 0 saturated carbocycles. The standard InChI is InChI=1S/C13H14FN3/c1-9-8-11(6-7-16-9)13(17-15)10-2-4-12(14)5-3-10/h2-8,13,17H,15H2,1H3. The lowest BCUT2D eigenvalue weighted by Crippen LogP contribution is -2.28. The minimum atomic E-state index is -0.254. The van der Waals surface area contributed by atoms with E-state index in [1.165, 1.54) is 12.1 Å². The molecule has 1 heterocycles. The Morgan fingerprint density at radius 3 is 2.47 bits per heavy atom. The molecular formula is C13H14FN3. The molecule has 0 aliphatic rings. The molecule has 0 radical (unpaired) electrons. The summed E-state index contributed by atoms with van der Waals surface area (Å²) in [6, 6.07) is 9.97. The minimum absolute atomic E-state index is 0.155. The third kappa shape index (κ3) is 2.67. The van der Waals surface area contributed by atoms with Crippen molar-refractivity contribution in [2.24, 2.45) is 5.84 Å². The Morgan fingerprint density at radius 1 is 1.18 bits per heavy atom. The molecule has 0 amide bonds. The van der Waals surface area contributed by atoms with Crippen molar-refractivity contribution in [2.75, 3.05) is 0 Å². The second kappa shape index (κ2) is 5.03. The van der Waals surface area contributed by atoms with Gasteiger partial charge in [-0.2, -0.15) is 0 Å². The van der Waals surface area contributed by atoms with E-state index in [2.05, 4.69) is 10.4 Å². The molecule has 0 bridgehead atoms. The number of aryl methyl sites for hydroxylation is 1. The van der Waals surface area contributed by atoms with Crippen LogP contribution in [-0.2, 0) is 0 Å². The van der Waals surface area contributed by atoms with Crippen LogP contribution in [-0.4, -0.2) is 4.98 Å². The van der Waals surface area contributed by atoms with Crippen LogP contribution in [0, 0.1) is 12.7 Å². The van der Waals surface area contributed by atoms with Crippen molar-refractivity contribution in [3.63, 3.8) is 0 Å². The van der Waals surface area contributed by atoms with Crippen molar-refractivity contribution < 1.29 is 4.39 Å². The summed E-state index contributed by atoms with van der Waals surface area (Å²) in [5, 5.41) is 0. The van der Waals surface area contributed by atoms with Crippen LogP contribution in [0.1, 0.15) is 22.9 Å². The molecule has 2 aromatic rings. The number of hydrazine groups is 1. The van der Waals surface area contributed by atoms with Gasteiger partial charge in [0.05, 0.1) is 6.04 Å². The number of rotatable bonds is 3. The lowest BCUT2D eigenvalue weighted by Gasteiger charge is -2.17. The largest absolute Gasteiger partial charge is 0.271 e. The van der Waals surface area contributed by atoms with Gasteiger partial charge in [0.2, 0.25) is 0 Å². The minimum Gasteiger partial charge on any atom is -0.271 e. The first kappa shape index (κ1) is 11.7. The Bertz CT molecular complexity index is 496. The molecule has 1 atom stereocenters. The van der Waals surface area contributed by atoms with Crippen LogP contribution in [0.25, 0.3) is 0 Å². The summed E-state index contributed by atoms with van der Waals surface area (Å²) in [5.74, 6) is 5.31. The fourth-order valence-electron chi connectivity index (χ4n) is 1.79. The molecule has 1 aromatic carbocycles. The number of pyridine rings is 1. The number of nitrogens with zero attached hydrogens (tertiary/aromatic N) is 1. The Labute approximate surface area is 99.5 Å². The Hall–Kier alpha value is -1.78. The van der Waals surface area contributed by atoms with Gasteiger partial charge in [-0.15, -0.1) is 0 Å². The Balaban J connectivity index is 2.36. The van der Waals surface area contributed by atoms with E-state index in [1.807, 2.05) is 19.1 Å². The highest BCUT2D eigenvalue weighted by Gasteiger charge is 2.12. The molecule has 88 valence electrons.